The molecule has 3 N–H and O–H groups in total. The van der Waals surface area contributed by atoms with Crippen LogP contribution in [0.5, 0.6) is 11.5 Å². The second-order valence-electron chi connectivity index (χ2n) is 7.29. The van der Waals surface area contributed by atoms with Gasteiger partial charge in [0.2, 0.25) is 0 Å². The topological polar surface area (TPSA) is 68.0 Å². The fourth-order valence-corrected chi connectivity index (χ4v) is 4.23. The number of fused-ring (bicyclic) bond motifs is 6. The maximum absolute atomic E-state index is 10.7. The van der Waals surface area contributed by atoms with Gasteiger partial charge in [0.15, 0.2) is 11.9 Å². The van der Waals surface area contributed by atoms with Crippen molar-refractivity contribution in [2.45, 2.75) is 18.8 Å². The first-order valence-electron chi connectivity index (χ1n) is 9.43. The number of ether oxygens (including phenoxy) is 2. The van der Waals surface area contributed by atoms with Crippen molar-refractivity contribution < 1.29 is 14.6 Å². The highest BCUT2D eigenvalue weighted by atomic mass is 16.6. The molecule has 28 heavy (non-hydrogen) atoms. The van der Waals surface area contributed by atoms with Gasteiger partial charge in [-0.1, -0.05) is 24.3 Å². The number of nitrogens with two attached hydrogens (primary N) is 1. The number of hydrogen-bond donors (Lipinski definition) is 2. The average molecular weight is 374 g/mol. The number of rotatable bonds is 2. The molecule has 0 amide bonds. The highest BCUT2D eigenvalue weighted by molar-refractivity contribution is 5.68. The second kappa shape index (κ2) is 5.99. The molecule has 3 aromatic rings. The van der Waals surface area contributed by atoms with Crippen LogP contribution in [0, 0.1) is 0 Å². The van der Waals surface area contributed by atoms with Crippen LogP contribution in [0.1, 0.15) is 35.5 Å². The van der Waals surface area contributed by atoms with Gasteiger partial charge in [-0.2, -0.15) is 0 Å². The molecule has 2 heterocycles. The summed E-state index contributed by atoms with van der Waals surface area (Å²) in [4.78, 5) is 2.14. The van der Waals surface area contributed by atoms with Crippen molar-refractivity contribution in [3.05, 3.63) is 82.9 Å². The fraction of sp³-hybridized carbons (Fsp3) is 0.217. The lowest BCUT2D eigenvalue weighted by Gasteiger charge is -2.38. The van der Waals surface area contributed by atoms with E-state index in [4.69, 9.17) is 15.2 Å². The standard InChI is InChI=1S/C23H22N2O3/c1-3-25(2)15-9-11-19-21(13-15)27-20-12-14(24)8-10-18(20)23(19)17-7-5-4-6-16(17)22(26)28-23/h4-13,22,26H,3,24H2,1-2H3. The van der Waals surface area contributed by atoms with Crippen LogP contribution in [0.25, 0.3) is 0 Å². The summed E-state index contributed by atoms with van der Waals surface area (Å²) >= 11 is 0. The van der Waals surface area contributed by atoms with Gasteiger partial charge >= 0.3 is 0 Å². The van der Waals surface area contributed by atoms with Crippen LogP contribution in [0.3, 0.4) is 0 Å². The molecule has 0 fully saturated rings. The molecule has 5 nitrogen and oxygen atoms in total. The van der Waals surface area contributed by atoms with Crippen molar-refractivity contribution in [2.24, 2.45) is 0 Å². The van der Waals surface area contributed by atoms with Gasteiger partial charge in [-0.3, -0.25) is 0 Å². The number of hydrogen-bond acceptors (Lipinski definition) is 5. The molecule has 5 rings (SSSR count). The van der Waals surface area contributed by atoms with Crippen molar-refractivity contribution >= 4 is 11.4 Å². The van der Waals surface area contributed by atoms with Crippen LogP contribution in [-0.2, 0) is 10.3 Å². The average Bonchev–Trinajstić information content (AvgIpc) is 3.00. The Kier molecular flexibility index (Phi) is 3.66. The lowest BCUT2D eigenvalue weighted by Crippen LogP contribution is -2.33. The number of nitrogen functional groups attached to an aromatic ring is 1. The first kappa shape index (κ1) is 17.1. The molecule has 0 aromatic heterocycles. The van der Waals surface area contributed by atoms with E-state index in [0.717, 1.165) is 34.5 Å². The monoisotopic (exact) mass is 374 g/mol. The maximum Gasteiger partial charge on any atom is 0.183 e. The Hall–Kier alpha value is -3.02. The van der Waals surface area contributed by atoms with Crippen LogP contribution in [0.2, 0.25) is 0 Å². The minimum atomic E-state index is -1.01. The summed E-state index contributed by atoms with van der Waals surface area (Å²) in [5, 5.41) is 10.7. The lowest BCUT2D eigenvalue weighted by atomic mass is 9.77. The van der Waals surface area contributed by atoms with Crippen molar-refractivity contribution in [3.8, 4) is 11.5 Å². The van der Waals surface area contributed by atoms with Gasteiger partial charge in [-0.25, -0.2) is 0 Å². The normalized spacial score (nSPS) is 21.6. The number of benzene rings is 3. The first-order chi connectivity index (χ1) is 13.5. The van der Waals surface area contributed by atoms with Gasteiger partial charge in [-0.15, -0.1) is 0 Å². The Bertz CT molecular complexity index is 1080. The SMILES string of the molecule is CCN(C)c1ccc2c(c1)Oc1cc(N)ccc1C21OC(O)c2ccccc21. The predicted molar refractivity (Wildman–Crippen MR) is 109 cm³/mol. The number of aliphatic hydroxyl groups is 1. The van der Waals surface area contributed by atoms with E-state index in [1.54, 1.807) is 0 Å². The molecular formula is C23H22N2O3. The third-order valence-corrected chi connectivity index (χ3v) is 5.76. The van der Waals surface area contributed by atoms with Crippen molar-refractivity contribution in [2.75, 3.05) is 24.2 Å². The zero-order valence-electron chi connectivity index (χ0n) is 15.8. The number of nitrogens with zero attached hydrogens (tertiary/aromatic N) is 1. The van der Waals surface area contributed by atoms with Crippen LogP contribution in [0.4, 0.5) is 11.4 Å². The molecule has 2 aliphatic heterocycles. The van der Waals surface area contributed by atoms with E-state index >= 15 is 0 Å². The summed E-state index contributed by atoms with van der Waals surface area (Å²) in [7, 11) is 2.04. The quantitative estimate of drug-likeness (QED) is 0.660. The molecule has 2 aliphatic rings. The zero-order valence-corrected chi connectivity index (χ0v) is 15.8. The van der Waals surface area contributed by atoms with Gasteiger partial charge < -0.3 is 25.2 Å². The molecule has 0 radical (unpaired) electrons. The predicted octanol–water partition coefficient (Wildman–Crippen LogP) is 4.14. The molecule has 3 aromatic carbocycles. The van der Waals surface area contributed by atoms with E-state index in [9.17, 15) is 5.11 Å². The number of aliphatic hydroxyl groups excluding tert-OH is 1. The van der Waals surface area contributed by atoms with E-state index < -0.39 is 11.9 Å². The molecule has 142 valence electrons. The smallest absolute Gasteiger partial charge is 0.183 e. The van der Waals surface area contributed by atoms with Gasteiger partial charge in [-0.05, 0) is 31.2 Å². The minimum absolute atomic E-state index is 0.617. The molecular weight excluding hydrogens is 352 g/mol. The molecule has 0 saturated carbocycles. The Morgan fingerprint density at radius 1 is 1.00 bits per heavy atom. The molecule has 2 atom stereocenters. The molecule has 0 bridgehead atoms. The van der Waals surface area contributed by atoms with Gasteiger partial charge in [0, 0.05) is 59.4 Å². The summed E-state index contributed by atoms with van der Waals surface area (Å²) in [5.74, 6) is 1.35. The molecule has 2 unspecified atom stereocenters. The highest BCUT2D eigenvalue weighted by Crippen LogP contribution is 2.58. The molecule has 5 heteroatoms. The van der Waals surface area contributed by atoms with E-state index in [0.29, 0.717) is 17.2 Å². The van der Waals surface area contributed by atoms with Crippen molar-refractivity contribution in [1.82, 2.24) is 0 Å². The second-order valence-corrected chi connectivity index (χ2v) is 7.29. The summed E-state index contributed by atoms with van der Waals surface area (Å²) in [6.07, 6.45) is -1.01. The van der Waals surface area contributed by atoms with Crippen LogP contribution in [-0.4, -0.2) is 18.7 Å². The minimum Gasteiger partial charge on any atom is -0.456 e. The highest BCUT2D eigenvalue weighted by Gasteiger charge is 2.52. The first-order valence-corrected chi connectivity index (χ1v) is 9.43. The molecule has 1 spiro atoms. The third kappa shape index (κ3) is 2.20. The van der Waals surface area contributed by atoms with Gasteiger partial charge in [0.25, 0.3) is 0 Å². The molecule has 0 saturated heterocycles. The summed E-state index contributed by atoms with van der Waals surface area (Å²) in [6, 6.07) is 19.5. The van der Waals surface area contributed by atoms with Gasteiger partial charge in [0.05, 0.1) is 0 Å². The Morgan fingerprint density at radius 3 is 2.50 bits per heavy atom. The van der Waals surface area contributed by atoms with Crippen LogP contribution >= 0.6 is 0 Å². The van der Waals surface area contributed by atoms with E-state index in [2.05, 4.69) is 17.9 Å². The zero-order chi connectivity index (χ0) is 19.5. The Morgan fingerprint density at radius 2 is 1.71 bits per heavy atom. The van der Waals surface area contributed by atoms with E-state index in [1.165, 1.54) is 0 Å². The van der Waals surface area contributed by atoms with Crippen molar-refractivity contribution in [3.63, 3.8) is 0 Å². The summed E-state index contributed by atoms with van der Waals surface area (Å²) in [6.45, 7) is 2.98. The van der Waals surface area contributed by atoms with Crippen molar-refractivity contribution in [1.29, 1.82) is 0 Å². The van der Waals surface area contributed by atoms with E-state index in [-0.39, 0.29) is 0 Å². The lowest BCUT2D eigenvalue weighted by molar-refractivity contribution is -0.142. The van der Waals surface area contributed by atoms with Crippen LogP contribution in [0.15, 0.2) is 60.7 Å². The summed E-state index contributed by atoms with van der Waals surface area (Å²) < 4.78 is 12.6. The third-order valence-electron chi connectivity index (χ3n) is 5.76. The fourth-order valence-electron chi connectivity index (χ4n) is 4.23. The van der Waals surface area contributed by atoms with Crippen LogP contribution < -0.4 is 15.4 Å². The molecule has 0 aliphatic carbocycles. The Labute approximate surface area is 163 Å². The number of anilines is 2. The Balaban J connectivity index is 1.82. The summed E-state index contributed by atoms with van der Waals surface area (Å²) in [5.41, 5.74) is 10.2. The van der Waals surface area contributed by atoms with Gasteiger partial charge in [0.1, 0.15) is 11.5 Å². The maximum atomic E-state index is 10.7. The largest absolute Gasteiger partial charge is 0.456 e. The van der Waals surface area contributed by atoms with E-state index in [1.807, 2.05) is 61.6 Å².